The maximum Gasteiger partial charge on any atom is 0.274 e. The molecule has 2 amide bonds. The van der Waals surface area contributed by atoms with Crippen LogP contribution in [0.2, 0.25) is 0 Å². The molecule has 2 aromatic heterocycles. The van der Waals surface area contributed by atoms with Crippen molar-refractivity contribution in [2.24, 2.45) is 0 Å². The fourth-order valence-electron chi connectivity index (χ4n) is 2.31. The van der Waals surface area contributed by atoms with Crippen LogP contribution in [-0.2, 0) is 11.3 Å². The van der Waals surface area contributed by atoms with Crippen LogP contribution in [0.15, 0.2) is 61.2 Å². The van der Waals surface area contributed by atoms with Crippen LogP contribution in [0, 0.1) is 0 Å². The van der Waals surface area contributed by atoms with Crippen molar-refractivity contribution in [1.29, 1.82) is 0 Å². The highest BCUT2D eigenvalue weighted by atomic mass is 16.2. The van der Waals surface area contributed by atoms with E-state index in [0.29, 0.717) is 23.7 Å². The fourth-order valence-corrected chi connectivity index (χ4v) is 2.31. The number of rotatable bonds is 6. The third kappa shape index (κ3) is 5.33. The van der Waals surface area contributed by atoms with Gasteiger partial charge in [0.1, 0.15) is 17.8 Å². The van der Waals surface area contributed by atoms with Gasteiger partial charge in [0.05, 0.1) is 0 Å². The zero-order valence-electron chi connectivity index (χ0n) is 14.6. The van der Waals surface area contributed by atoms with Gasteiger partial charge in [0.25, 0.3) is 5.91 Å². The monoisotopic (exact) mass is 362 g/mol. The molecule has 8 nitrogen and oxygen atoms in total. The Balaban J connectivity index is 1.62. The lowest BCUT2D eigenvalue weighted by Crippen LogP contribution is -2.15. The minimum Gasteiger partial charge on any atom is -0.366 e. The molecule has 8 heteroatoms. The van der Waals surface area contributed by atoms with Crippen molar-refractivity contribution in [3.63, 3.8) is 0 Å². The van der Waals surface area contributed by atoms with E-state index in [-0.39, 0.29) is 17.5 Å². The van der Waals surface area contributed by atoms with Crippen LogP contribution < -0.4 is 16.0 Å². The van der Waals surface area contributed by atoms with E-state index in [9.17, 15) is 9.59 Å². The Morgan fingerprint density at radius 2 is 1.74 bits per heavy atom. The average molecular weight is 362 g/mol. The zero-order valence-corrected chi connectivity index (χ0v) is 14.6. The second-order valence-corrected chi connectivity index (χ2v) is 5.72. The molecule has 0 atom stereocenters. The van der Waals surface area contributed by atoms with Gasteiger partial charge < -0.3 is 16.0 Å². The van der Waals surface area contributed by atoms with Gasteiger partial charge in [0, 0.05) is 43.3 Å². The first-order valence-electron chi connectivity index (χ1n) is 8.24. The van der Waals surface area contributed by atoms with Crippen LogP contribution in [0.5, 0.6) is 0 Å². The number of benzene rings is 1. The van der Waals surface area contributed by atoms with Gasteiger partial charge in [-0.15, -0.1) is 0 Å². The smallest absolute Gasteiger partial charge is 0.274 e. The zero-order chi connectivity index (χ0) is 19.1. The standard InChI is InChI=1S/C19H18N6O2/c1-13(26)24-15-4-6-16(7-5-15)25-19(27)17-9-18(23-12-22-17)21-11-14-3-2-8-20-10-14/h2-10,12H,11H2,1H3,(H,24,26)(H,25,27)(H,21,22,23). The Hall–Kier alpha value is -3.81. The lowest BCUT2D eigenvalue weighted by molar-refractivity contribution is -0.114. The molecular weight excluding hydrogens is 344 g/mol. The Morgan fingerprint density at radius 1 is 1.00 bits per heavy atom. The summed E-state index contributed by atoms with van der Waals surface area (Å²) in [5.74, 6) is 0.0354. The molecule has 0 fully saturated rings. The molecule has 0 aliphatic carbocycles. The molecule has 136 valence electrons. The van der Waals surface area contributed by atoms with Crippen LogP contribution in [0.25, 0.3) is 0 Å². The fraction of sp³-hybridized carbons (Fsp3) is 0.105. The molecule has 0 spiro atoms. The quantitative estimate of drug-likeness (QED) is 0.622. The average Bonchev–Trinajstić information content (AvgIpc) is 2.68. The molecule has 27 heavy (non-hydrogen) atoms. The Morgan fingerprint density at radius 3 is 2.41 bits per heavy atom. The summed E-state index contributed by atoms with van der Waals surface area (Å²) in [6.45, 7) is 1.97. The maximum atomic E-state index is 12.4. The summed E-state index contributed by atoms with van der Waals surface area (Å²) >= 11 is 0. The molecule has 1 aromatic carbocycles. The molecule has 0 aliphatic heterocycles. The minimum absolute atomic E-state index is 0.154. The van der Waals surface area contributed by atoms with E-state index >= 15 is 0 Å². The number of aromatic nitrogens is 3. The summed E-state index contributed by atoms with van der Waals surface area (Å²) in [6, 6.07) is 12.2. The molecule has 3 N–H and O–H groups in total. The molecule has 0 bridgehead atoms. The van der Waals surface area contributed by atoms with E-state index in [0.717, 1.165) is 5.56 Å². The van der Waals surface area contributed by atoms with Crippen LogP contribution in [0.1, 0.15) is 23.0 Å². The van der Waals surface area contributed by atoms with Crippen molar-refractivity contribution in [3.05, 3.63) is 72.4 Å². The molecule has 0 aliphatic rings. The third-order valence-electron chi connectivity index (χ3n) is 3.56. The first-order valence-corrected chi connectivity index (χ1v) is 8.24. The molecule has 0 saturated carbocycles. The number of amides is 2. The van der Waals surface area contributed by atoms with Gasteiger partial charge in [-0.1, -0.05) is 6.07 Å². The van der Waals surface area contributed by atoms with E-state index in [2.05, 4.69) is 30.9 Å². The molecule has 2 heterocycles. The summed E-state index contributed by atoms with van der Waals surface area (Å²) in [7, 11) is 0. The summed E-state index contributed by atoms with van der Waals surface area (Å²) in [5, 5.41) is 8.56. The molecule has 0 saturated heterocycles. The van der Waals surface area contributed by atoms with Crippen molar-refractivity contribution >= 4 is 29.0 Å². The van der Waals surface area contributed by atoms with E-state index in [1.807, 2.05) is 12.1 Å². The van der Waals surface area contributed by atoms with E-state index in [1.54, 1.807) is 42.7 Å². The van der Waals surface area contributed by atoms with Gasteiger partial charge >= 0.3 is 0 Å². The topological polar surface area (TPSA) is 109 Å². The van der Waals surface area contributed by atoms with Crippen molar-refractivity contribution < 1.29 is 9.59 Å². The molecule has 0 unspecified atom stereocenters. The number of hydrogen-bond acceptors (Lipinski definition) is 6. The van der Waals surface area contributed by atoms with Gasteiger partial charge in [0.15, 0.2) is 0 Å². The number of carbonyl (C=O) groups is 2. The summed E-state index contributed by atoms with van der Waals surface area (Å²) < 4.78 is 0. The second kappa shape index (κ2) is 8.52. The minimum atomic E-state index is -0.353. The van der Waals surface area contributed by atoms with Crippen molar-refractivity contribution in [2.45, 2.75) is 13.5 Å². The highest BCUT2D eigenvalue weighted by Gasteiger charge is 2.09. The third-order valence-corrected chi connectivity index (χ3v) is 3.56. The van der Waals surface area contributed by atoms with Crippen LogP contribution in [-0.4, -0.2) is 26.8 Å². The van der Waals surface area contributed by atoms with Gasteiger partial charge in [-0.25, -0.2) is 9.97 Å². The molecule has 3 aromatic rings. The summed E-state index contributed by atoms with van der Waals surface area (Å²) in [5.41, 5.74) is 2.49. The lowest BCUT2D eigenvalue weighted by Gasteiger charge is -2.08. The highest BCUT2D eigenvalue weighted by Crippen LogP contribution is 2.15. The normalized spacial score (nSPS) is 10.1. The van der Waals surface area contributed by atoms with E-state index in [1.165, 1.54) is 13.3 Å². The predicted octanol–water partition coefficient (Wildman–Crippen LogP) is 2.69. The molecule has 0 radical (unpaired) electrons. The largest absolute Gasteiger partial charge is 0.366 e. The van der Waals surface area contributed by atoms with Gasteiger partial charge in [-0.3, -0.25) is 14.6 Å². The van der Waals surface area contributed by atoms with Crippen LogP contribution in [0.4, 0.5) is 17.2 Å². The van der Waals surface area contributed by atoms with Crippen LogP contribution in [0.3, 0.4) is 0 Å². The van der Waals surface area contributed by atoms with Gasteiger partial charge in [0.2, 0.25) is 5.91 Å². The lowest BCUT2D eigenvalue weighted by atomic mass is 10.2. The number of nitrogens with zero attached hydrogens (tertiary/aromatic N) is 3. The highest BCUT2D eigenvalue weighted by molar-refractivity contribution is 6.03. The van der Waals surface area contributed by atoms with E-state index in [4.69, 9.17) is 0 Å². The van der Waals surface area contributed by atoms with E-state index < -0.39 is 0 Å². The predicted molar refractivity (Wildman–Crippen MR) is 102 cm³/mol. The van der Waals surface area contributed by atoms with Crippen molar-refractivity contribution in [2.75, 3.05) is 16.0 Å². The maximum absolute atomic E-state index is 12.4. The Bertz CT molecular complexity index is 928. The SMILES string of the molecule is CC(=O)Nc1ccc(NC(=O)c2cc(NCc3cccnc3)ncn2)cc1. The number of nitrogens with one attached hydrogen (secondary N) is 3. The first kappa shape index (κ1) is 18.0. The Kier molecular flexibility index (Phi) is 5.68. The van der Waals surface area contributed by atoms with Crippen molar-refractivity contribution in [1.82, 2.24) is 15.0 Å². The second-order valence-electron chi connectivity index (χ2n) is 5.72. The summed E-state index contributed by atoms with van der Waals surface area (Å²) in [6.07, 6.45) is 4.80. The Labute approximate surface area is 156 Å². The first-order chi connectivity index (χ1) is 13.1. The van der Waals surface area contributed by atoms with Crippen LogP contribution >= 0.6 is 0 Å². The number of carbonyl (C=O) groups excluding carboxylic acids is 2. The molecular formula is C19H18N6O2. The number of anilines is 3. The van der Waals surface area contributed by atoms with Gasteiger partial charge in [-0.05, 0) is 35.9 Å². The van der Waals surface area contributed by atoms with Crippen molar-refractivity contribution in [3.8, 4) is 0 Å². The number of pyridine rings is 1. The number of hydrogen-bond donors (Lipinski definition) is 3. The molecule has 3 rings (SSSR count). The summed E-state index contributed by atoms with van der Waals surface area (Å²) in [4.78, 5) is 35.6. The van der Waals surface area contributed by atoms with Gasteiger partial charge in [-0.2, -0.15) is 0 Å².